The lowest BCUT2D eigenvalue weighted by atomic mass is 10.1. The quantitative estimate of drug-likeness (QED) is 0.519. The fourth-order valence-electron chi connectivity index (χ4n) is 2.17. The molecule has 0 atom stereocenters. The monoisotopic (exact) mass is 349 g/mol. The van der Waals surface area contributed by atoms with Crippen molar-refractivity contribution in [2.24, 2.45) is 0 Å². The molecule has 9 heteroatoms. The lowest BCUT2D eigenvalue weighted by Crippen LogP contribution is -2.26. The highest BCUT2D eigenvalue weighted by Crippen LogP contribution is 2.23. The van der Waals surface area contributed by atoms with Crippen LogP contribution in [0.15, 0.2) is 46.8 Å². The van der Waals surface area contributed by atoms with Crippen molar-refractivity contribution in [2.45, 2.75) is 17.0 Å². The second kappa shape index (κ2) is 6.65. The number of fused-ring (bicyclic) bond motifs is 1. The molecule has 0 fully saturated rings. The Balaban J connectivity index is 1.77. The Morgan fingerprint density at radius 1 is 1.30 bits per heavy atom. The molecule has 0 saturated carbocycles. The van der Waals surface area contributed by atoms with Crippen molar-refractivity contribution in [1.82, 2.24) is 24.9 Å². The summed E-state index contributed by atoms with van der Waals surface area (Å²) in [6, 6.07) is 7.20. The van der Waals surface area contributed by atoms with Gasteiger partial charge in [-0.3, -0.25) is 10.1 Å². The van der Waals surface area contributed by atoms with E-state index in [0.29, 0.717) is 16.4 Å². The number of aromatic nitrogens is 4. The van der Waals surface area contributed by atoms with Crippen LogP contribution < -0.4 is 4.72 Å². The maximum atomic E-state index is 12.6. The predicted molar refractivity (Wildman–Crippen MR) is 88.8 cm³/mol. The second-order valence-electron chi connectivity index (χ2n) is 4.88. The molecular weight excluding hydrogens is 334 g/mol. The maximum Gasteiger partial charge on any atom is 0.242 e. The third-order valence-corrected chi connectivity index (χ3v) is 5.48. The number of rotatable bonds is 6. The topological polar surface area (TPSA) is 101 Å². The van der Waals surface area contributed by atoms with E-state index in [1.807, 2.05) is 19.1 Å². The number of H-pyrrole nitrogens is 1. The summed E-state index contributed by atoms with van der Waals surface area (Å²) in [5, 5.41) is 7.92. The van der Waals surface area contributed by atoms with E-state index >= 15 is 0 Å². The van der Waals surface area contributed by atoms with E-state index in [-0.39, 0.29) is 11.4 Å². The zero-order valence-electron chi connectivity index (χ0n) is 12.4. The molecule has 0 aliphatic carbocycles. The van der Waals surface area contributed by atoms with Gasteiger partial charge in [0.15, 0.2) is 5.16 Å². The molecular formula is C14H15N5O2S2. The molecule has 0 saturated heterocycles. The highest BCUT2D eigenvalue weighted by molar-refractivity contribution is 7.99. The van der Waals surface area contributed by atoms with Crippen molar-refractivity contribution in [3.63, 3.8) is 0 Å². The maximum absolute atomic E-state index is 12.6. The van der Waals surface area contributed by atoms with E-state index < -0.39 is 10.0 Å². The third kappa shape index (κ3) is 3.69. The predicted octanol–water partition coefficient (Wildman–Crippen LogP) is 1.73. The largest absolute Gasteiger partial charge is 0.255 e. The van der Waals surface area contributed by atoms with Gasteiger partial charge < -0.3 is 0 Å². The van der Waals surface area contributed by atoms with Crippen molar-refractivity contribution in [2.75, 3.05) is 12.3 Å². The summed E-state index contributed by atoms with van der Waals surface area (Å²) >= 11 is 1.40. The number of nitrogens with one attached hydrogen (secondary N) is 2. The summed E-state index contributed by atoms with van der Waals surface area (Å²) in [5.41, 5.74) is 1.36. The van der Waals surface area contributed by atoms with Crippen molar-refractivity contribution in [3.05, 3.63) is 42.4 Å². The minimum absolute atomic E-state index is 0.206. The number of hydrogen-bond donors (Lipinski definition) is 2. The zero-order valence-corrected chi connectivity index (χ0v) is 14.0. The van der Waals surface area contributed by atoms with E-state index in [9.17, 15) is 8.42 Å². The minimum atomic E-state index is -3.62. The summed E-state index contributed by atoms with van der Waals surface area (Å²) in [4.78, 5) is 8.39. The number of sulfonamides is 1. The van der Waals surface area contributed by atoms with Crippen LogP contribution in [0.1, 0.15) is 5.56 Å². The summed E-state index contributed by atoms with van der Waals surface area (Å²) < 4.78 is 27.7. The van der Waals surface area contributed by atoms with Gasteiger partial charge in [0, 0.05) is 23.9 Å². The first-order valence-corrected chi connectivity index (χ1v) is 9.36. The molecule has 23 heavy (non-hydrogen) atoms. The Kier molecular flexibility index (Phi) is 4.60. The lowest BCUT2D eigenvalue weighted by Gasteiger charge is -2.10. The Labute approximate surface area is 138 Å². The number of benzene rings is 1. The Morgan fingerprint density at radius 3 is 2.96 bits per heavy atom. The molecule has 120 valence electrons. The van der Waals surface area contributed by atoms with Crippen LogP contribution in [-0.2, 0) is 10.0 Å². The van der Waals surface area contributed by atoms with E-state index in [0.717, 1.165) is 10.9 Å². The van der Waals surface area contributed by atoms with E-state index in [1.54, 1.807) is 18.3 Å². The number of hydrogen-bond acceptors (Lipinski definition) is 6. The van der Waals surface area contributed by atoms with Crippen LogP contribution in [-0.4, -0.2) is 40.9 Å². The van der Waals surface area contributed by atoms with Crippen molar-refractivity contribution >= 4 is 32.7 Å². The van der Waals surface area contributed by atoms with Gasteiger partial charge in [-0.25, -0.2) is 18.1 Å². The third-order valence-electron chi connectivity index (χ3n) is 3.13. The first-order chi connectivity index (χ1) is 11.1. The van der Waals surface area contributed by atoms with Crippen molar-refractivity contribution in [1.29, 1.82) is 0 Å². The molecule has 2 aromatic heterocycles. The number of aromatic amines is 1. The number of thioether (sulfide) groups is 1. The van der Waals surface area contributed by atoms with Crippen molar-refractivity contribution < 1.29 is 8.42 Å². The second-order valence-corrected chi connectivity index (χ2v) is 7.69. The van der Waals surface area contributed by atoms with Crippen LogP contribution in [0.3, 0.4) is 0 Å². The molecule has 0 radical (unpaired) electrons. The van der Waals surface area contributed by atoms with Crippen LogP contribution >= 0.6 is 11.8 Å². The molecule has 3 aromatic rings. The van der Waals surface area contributed by atoms with Gasteiger partial charge in [0.2, 0.25) is 10.0 Å². The first-order valence-electron chi connectivity index (χ1n) is 6.89. The highest BCUT2D eigenvalue weighted by atomic mass is 32.2. The van der Waals surface area contributed by atoms with Crippen LogP contribution in [0, 0.1) is 6.92 Å². The minimum Gasteiger partial charge on any atom is -0.255 e. The smallest absolute Gasteiger partial charge is 0.242 e. The average molecular weight is 349 g/mol. The van der Waals surface area contributed by atoms with Gasteiger partial charge in [-0.1, -0.05) is 17.8 Å². The number of nitrogens with zero attached hydrogens (tertiary/aromatic N) is 3. The van der Waals surface area contributed by atoms with Gasteiger partial charge in [-0.15, -0.1) is 0 Å². The van der Waals surface area contributed by atoms with Crippen LogP contribution in [0.5, 0.6) is 0 Å². The molecule has 0 amide bonds. The van der Waals surface area contributed by atoms with Gasteiger partial charge >= 0.3 is 0 Å². The van der Waals surface area contributed by atoms with E-state index in [4.69, 9.17) is 0 Å². The summed E-state index contributed by atoms with van der Waals surface area (Å²) in [6.07, 6.45) is 3.01. The van der Waals surface area contributed by atoms with Gasteiger partial charge in [0.25, 0.3) is 0 Å². The van der Waals surface area contributed by atoms with E-state index in [1.165, 1.54) is 18.1 Å². The molecule has 7 nitrogen and oxygen atoms in total. The highest BCUT2D eigenvalue weighted by Gasteiger charge is 2.18. The molecule has 0 aliphatic rings. The molecule has 3 rings (SSSR count). The van der Waals surface area contributed by atoms with E-state index in [2.05, 4.69) is 24.9 Å². The molecule has 0 aliphatic heterocycles. The van der Waals surface area contributed by atoms with Gasteiger partial charge in [-0.2, -0.15) is 5.10 Å². The SMILES string of the molecule is Cc1cc(S(=O)(=O)NCCSc2ncn[nH]2)c2ncccc2c1. The fourth-order valence-corrected chi connectivity index (χ4v) is 4.23. The summed E-state index contributed by atoms with van der Waals surface area (Å²) in [7, 11) is -3.62. The molecule has 0 unspecified atom stereocenters. The number of pyridine rings is 1. The van der Waals surface area contributed by atoms with Crippen LogP contribution in [0.4, 0.5) is 0 Å². The summed E-state index contributed by atoms with van der Waals surface area (Å²) in [6.45, 7) is 2.15. The zero-order chi connectivity index (χ0) is 16.3. The average Bonchev–Trinajstić information content (AvgIpc) is 3.04. The van der Waals surface area contributed by atoms with Gasteiger partial charge in [0.05, 0.1) is 5.52 Å². The molecule has 2 heterocycles. The standard InChI is InChI=1S/C14H15N5O2S2/c1-10-7-11-3-2-4-15-13(11)12(8-10)23(20,21)18-5-6-22-14-16-9-17-19-14/h2-4,7-9,18H,5-6H2,1H3,(H,16,17,19). The lowest BCUT2D eigenvalue weighted by molar-refractivity contribution is 0.585. The Hall–Kier alpha value is -1.97. The summed E-state index contributed by atoms with van der Waals surface area (Å²) in [5.74, 6) is 0.547. The van der Waals surface area contributed by atoms with Crippen LogP contribution in [0.2, 0.25) is 0 Å². The van der Waals surface area contributed by atoms with Crippen LogP contribution in [0.25, 0.3) is 10.9 Å². The molecule has 0 bridgehead atoms. The molecule has 2 N–H and O–H groups in total. The van der Waals surface area contributed by atoms with Gasteiger partial charge in [-0.05, 0) is 30.7 Å². The normalized spacial score (nSPS) is 11.9. The fraction of sp³-hybridized carbons (Fsp3) is 0.214. The molecule has 1 aromatic carbocycles. The van der Waals surface area contributed by atoms with Gasteiger partial charge in [0.1, 0.15) is 11.2 Å². The number of aryl methyl sites for hydroxylation is 1. The Bertz CT molecular complexity index is 910. The van der Waals surface area contributed by atoms with Crippen molar-refractivity contribution in [3.8, 4) is 0 Å². The Morgan fingerprint density at radius 2 is 2.17 bits per heavy atom. The first kappa shape index (κ1) is 15.9. The molecule has 0 spiro atoms.